The van der Waals surface area contributed by atoms with Crippen LogP contribution in [0.3, 0.4) is 0 Å². The molecule has 0 aliphatic heterocycles. The average Bonchev–Trinajstić information content (AvgIpc) is 3.09. The molecule has 28 heavy (non-hydrogen) atoms. The molecule has 0 aliphatic carbocycles. The second-order valence-electron chi connectivity index (χ2n) is 7.38. The first kappa shape index (κ1) is 19.8. The van der Waals surface area contributed by atoms with Crippen molar-refractivity contribution < 1.29 is 4.79 Å². The number of hydrogen-bond donors (Lipinski definition) is 1. The van der Waals surface area contributed by atoms with Crippen LogP contribution in [0.15, 0.2) is 60.7 Å². The quantitative estimate of drug-likeness (QED) is 0.679. The molecule has 0 unspecified atom stereocenters. The summed E-state index contributed by atoms with van der Waals surface area (Å²) in [5, 5.41) is 7.50. The van der Waals surface area contributed by atoms with Gasteiger partial charge in [0.05, 0.1) is 5.69 Å². The maximum absolute atomic E-state index is 12.7. The van der Waals surface area contributed by atoms with E-state index in [0.717, 1.165) is 23.5 Å². The van der Waals surface area contributed by atoms with Gasteiger partial charge in [-0.05, 0) is 57.1 Å². The maximum Gasteiger partial charge on any atom is 0.272 e. The molecule has 0 spiro atoms. The highest BCUT2D eigenvalue weighted by atomic mass is 16.1. The maximum atomic E-state index is 12.7. The molecular weight excluding hydrogens is 348 g/mol. The van der Waals surface area contributed by atoms with Gasteiger partial charge in [-0.1, -0.05) is 42.5 Å². The number of para-hydroxylation sites is 1. The first-order valence-electron chi connectivity index (χ1n) is 9.63. The molecule has 0 aliphatic rings. The minimum absolute atomic E-state index is 0.162. The number of aryl methyl sites for hydroxylation is 1. The van der Waals surface area contributed by atoms with Crippen molar-refractivity contribution in [2.24, 2.45) is 0 Å². The van der Waals surface area contributed by atoms with Crippen LogP contribution in [0.1, 0.15) is 41.2 Å². The van der Waals surface area contributed by atoms with Gasteiger partial charge in [-0.2, -0.15) is 5.10 Å². The highest BCUT2D eigenvalue weighted by molar-refractivity contribution is 5.92. The topological polar surface area (TPSA) is 50.2 Å². The van der Waals surface area contributed by atoms with Crippen LogP contribution >= 0.6 is 0 Å². The Labute approximate surface area is 167 Å². The molecule has 146 valence electrons. The van der Waals surface area contributed by atoms with Crippen LogP contribution in [0.4, 0.5) is 0 Å². The molecule has 1 amide bonds. The molecule has 0 radical (unpaired) electrons. The molecule has 1 heterocycles. The molecule has 5 heteroatoms. The fraction of sp³-hybridized carbons (Fsp3) is 0.304. The lowest BCUT2D eigenvalue weighted by Gasteiger charge is -2.22. The Bertz CT molecular complexity index is 931. The largest absolute Gasteiger partial charge is 0.347 e. The molecular formula is C23H28N4O. The Morgan fingerprint density at radius 2 is 1.71 bits per heavy atom. The fourth-order valence-corrected chi connectivity index (χ4v) is 3.02. The van der Waals surface area contributed by atoms with Crippen molar-refractivity contribution in [3.05, 3.63) is 83.2 Å². The summed E-state index contributed by atoms with van der Waals surface area (Å²) in [6.07, 6.45) is 0. The van der Waals surface area contributed by atoms with Crippen molar-refractivity contribution in [2.75, 3.05) is 7.05 Å². The number of amides is 1. The first-order chi connectivity index (χ1) is 13.5. The van der Waals surface area contributed by atoms with Crippen LogP contribution in [0.25, 0.3) is 5.69 Å². The summed E-state index contributed by atoms with van der Waals surface area (Å²) >= 11 is 0. The second-order valence-corrected chi connectivity index (χ2v) is 7.38. The normalized spacial score (nSPS) is 11.2. The summed E-state index contributed by atoms with van der Waals surface area (Å²) in [6.45, 7) is 7.64. The predicted molar refractivity (Wildman–Crippen MR) is 113 cm³/mol. The number of benzene rings is 2. The number of hydrogen-bond acceptors (Lipinski definition) is 3. The summed E-state index contributed by atoms with van der Waals surface area (Å²) in [4.78, 5) is 14.9. The SMILES string of the molecule is Cc1cc(C(=O)NCc2ccccc2CN(C)C(C)C)nn1-c1ccccc1. The van der Waals surface area contributed by atoms with Gasteiger partial charge in [-0.15, -0.1) is 0 Å². The van der Waals surface area contributed by atoms with Crippen molar-refractivity contribution in [2.45, 2.75) is 39.9 Å². The van der Waals surface area contributed by atoms with Crippen LogP contribution < -0.4 is 5.32 Å². The van der Waals surface area contributed by atoms with Crippen LogP contribution in [-0.4, -0.2) is 33.7 Å². The second kappa shape index (κ2) is 8.85. The van der Waals surface area contributed by atoms with Gasteiger partial charge in [-0.25, -0.2) is 4.68 Å². The molecule has 0 saturated carbocycles. The van der Waals surface area contributed by atoms with E-state index in [1.807, 2.05) is 55.5 Å². The van der Waals surface area contributed by atoms with E-state index >= 15 is 0 Å². The molecule has 0 atom stereocenters. The molecule has 0 bridgehead atoms. The van der Waals surface area contributed by atoms with Crippen LogP contribution in [0.2, 0.25) is 0 Å². The molecule has 2 aromatic carbocycles. The summed E-state index contributed by atoms with van der Waals surface area (Å²) in [6, 6.07) is 20.4. The number of rotatable bonds is 7. The summed E-state index contributed by atoms with van der Waals surface area (Å²) in [7, 11) is 2.11. The molecule has 1 N–H and O–H groups in total. The number of aromatic nitrogens is 2. The minimum atomic E-state index is -0.162. The molecule has 3 rings (SSSR count). The predicted octanol–water partition coefficient (Wildman–Crippen LogP) is 3.95. The van der Waals surface area contributed by atoms with E-state index in [1.165, 1.54) is 5.56 Å². The fourth-order valence-electron chi connectivity index (χ4n) is 3.02. The Morgan fingerprint density at radius 1 is 1.07 bits per heavy atom. The van der Waals surface area contributed by atoms with E-state index in [1.54, 1.807) is 4.68 Å². The number of carbonyl (C=O) groups is 1. The highest BCUT2D eigenvalue weighted by Gasteiger charge is 2.14. The van der Waals surface area contributed by atoms with Crippen molar-refractivity contribution >= 4 is 5.91 Å². The average molecular weight is 377 g/mol. The van der Waals surface area contributed by atoms with Crippen molar-refractivity contribution in [3.8, 4) is 5.69 Å². The lowest BCUT2D eigenvalue weighted by Crippen LogP contribution is -2.28. The van der Waals surface area contributed by atoms with E-state index in [0.29, 0.717) is 18.3 Å². The van der Waals surface area contributed by atoms with Gasteiger partial charge in [0.2, 0.25) is 0 Å². The van der Waals surface area contributed by atoms with Crippen molar-refractivity contribution in [1.82, 2.24) is 20.0 Å². The van der Waals surface area contributed by atoms with E-state index in [9.17, 15) is 4.79 Å². The van der Waals surface area contributed by atoms with Crippen molar-refractivity contribution in [3.63, 3.8) is 0 Å². The van der Waals surface area contributed by atoms with Gasteiger partial charge in [0.1, 0.15) is 0 Å². The van der Waals surface area contributed by atoms with Gasteiger partial charge < -0.3 is 5.32 Å². The first-order valence-corrected chi connectivity index (χ1v) is 9.63. The van der Waals surface area contributed by atoms with E-state index in [2.05, 4.69) is 48.3 Å². The van der Waals surface area contributed by atoms with Crippen LogP contribution in [-0.2, 0) is 13.1 Å². The number of nitrogens with zero attached hydrogens (tertiary/aromatic N) is 3. The lowest BCUT2D eigenvalue weighted by atomic mass is 10.1. The summed E-state index contributed by atoms with van der Waals surface area (Å²) in [5.74, 6) is -0.162. The van der Waals surface area contributed by atoms with Gasteiger partial charge in [0, 0.05) is 24.8 Å². The summed E-state index contributed by atoms with van der Waals surface area (Å²) in [5.41, 5.74) is 4.65. The summed E-state index contributed by atoms with van der Waals surface area (Å²) < 4.78 is 1.79. The van der Waals surface area contributed by atoms with E-state index in [4.69, 9.17) is 0 Å². The zero-order chi connectivity index (χ0) is 20.1. The zero-order valence-electron chi connectivity index (χ0n) is 17.0. The number of carbonyl (C=O) groups excluding carboxylic acids is 1. The molecule has 0 fully saturated rings. The molecule has 0 saturated heterocycles. The highest BCUT2D eigenvalue weighted by Crippen LogP contribution is 2.14. The van der Waals surface area contributed by atoms with Gasteiger partial charge in [-0.3, -0.25) is 9.69 Å². The Morgan fingerprint density at radius 3 is 2.39 bits per heavy atom. The third kappa shape index (κ3) is 4.67. The number of nitrogens with one attached hydrogen (secondary N) is 1. The van der Waals surface area contributed by atoms with Gasteiger partial charge >= 0.3 is 0 Å². The Balaban J connectivity index is 1.70. The van der Waals surface area contributed by atoms with E-state index in [-0.39, 0.29) is 5.91 Å². The zero-order valence-corrected chi connectivity index (χ0v) is 17.0. The Hall–Kier alpha value is -2.92. The Kier molecular flexibility index (Phi) is 6.26. The third-order valence-corrected chi connectivity index (χ3v) is 4.98. The smallest absolute Gasteiger partial charge is 0.272 e. The third-order valence-electron chi connectivity index (χ3n) is 4.98. The molecule has 1 aromatic heterocycles. The molecule has 3 aromatic rings. The van der Waals surface area contributed by atoms with Gasteiger partial charge in [0.25, 0.3) is 5.91 Å². The van der Waals surface area contributed by atoms with Crippen LogP contribution in [0.5, 0.6) is 0 Å². The minimum Gasteiger partial charge on any atom is -0.347 e. The molecule has 5 nitrogen and oxygen atoms in total. The van der Waals surface area contributed by atoms with Crippen molar-refractivity contribution in [1.29, 1.82) is 0 Å². The standard InChI is InChI=1S/C23H28N4O/c1-17(2)26(4)16-20-11-9-8-10-19(20)15-24-23(28)22-14-18(3)27(25-22)21-12-6-5-7-13-21/h5-14,17H,15-16H2,1-4H3,(H,24,28). The lowest BCUT2D eigenvalue weighted by molar-refractivity contribution is 0.0945. The monoisotopic (exact) mass is 376 g/mol. The van der Waals surface area contributed by atoms with Crippen LogP contribution in [0, 0.1) is 6.92 Å². The van der Waals surface area contributed by atoms with E-state index < -0.39 is 0 Å². The van der Waals surface area contributed by atoms with Gasteiger partial charge in [0.15, 0.2) is 5.69 Å².